The van der Waals surface area contributed by atoms with Crippen molar-refractivity contribution >= 4 is 16.9 Å². The molecular formula is C11H10N6O. The molecule has 7 nitrogen and oxygen atoms in total. The van der Waals surface area contributed by atoms with Crippen molar-refractivity contribution < 1.29 is 4.74 Å². The van der Waals surface area contributed by atoms with Gasteiger partial charge in [-0.15, -0.1) is 0 Å². The Hall–Kier alpha value is -2.70. The molecule has 0 fully saturated rings. The van der Waals surface area contributed by atoms with Crippen molar-refractivity contribution in [3.05, 3.63) is 24.9 Å². The first-order valence-corrected chi connectivity index (χ1v) is 5.23. The van der Waals surface area contributed by atoms with Crippen LogP contribution in [0, 0.1) is 0 Å². The lowest BCUT2D eigenvalue weighted by molar-refractivity contribution is 0.382. The molecule has 3 aromatic heterocycles. The Bertz CT molecular complexity index is 693. The molecule has 90 valence electrons. The standard InChI is InChI=1S/C11H10N6O/c1-18-11-16-9(12)8-7(4-15-10(8)17-11)6-2-13-5-14-3-6/h2-5H,1H3,(H3,12,15,16,17). The number of aromatic amines is 1. The van der Waals surface area contributed by atoms with E-state index >= 15 is 0 Å². The van der Waals surface area contributed by atoms with Gasteiger partial charge in [-0.2, -0.15) is 9.97 Å². The number of nitrogens with zero attached hydrogens (tertiary/aromatic N) is 4. The molecular weight excluding hydrogens is 232 g/mol. The molecule has 0 spiro atoms. The van der Waals surface area contributed by atoms with Crippen LogP contribution in [0.3, 0.4) is 0 Å². The van der Waals surface area contributed by atoms with Crippen molar-refractivity contribution in [1.82, 2.24) is 24.9 Å². The third-order valence-electron chi connectivity index (χ3n) is 2.59. The van der Waals surface area contributed by atoms with Gasteiger partial charge >= 0.3 is 6.01 Å². The Labute approximate surface area is 102 Å². The normalized spacial score (nSPS) is 10.7. The van der Waals surface area contributed by atoms with Crippen LogP contribution >= 0.6 is 0 Å². The highest BCUT2D eigenvalue weighted by Gasteiger charge is 2.13. The third-order valence-corrected chi connectivity index (χ3v) is 2.59. The summed E-state index contributed by atoms with van der Waals surface area (Å²) in [4.78, 5) is 19.2. The van der Waals surface area contributed by atoms with Gasteiger partial charge in [-0.25, -0.2) is 9.97 Å². The lowest BCUT2D eigenvalue weighted by Crippen LogP contribution is -1.98. The highest BCUT2D eigenvalue weighted by molar-refractivity contribution is 6.00. The molecule has 0 bridgehead atoms. The first kappa shape index (κ1) is 10.5. The maximum Gasteiger partial charge on any atom is 0.320 e. The van der Waals surface area contributed by atoms with Gasteiger partial charge in [0.05, 0.1) is 12.5 Å². The van der Waals surface area contributed by atoms with Crippen LogP contribution in [0.1, 0.15) is 0 Å². The van der Waals surface area contributed by atoms with E-state index in [1.807, 2.05) is 0 Å². The van der Waals surface area contributed by atoms with Crippen LogP contribution in [0.25, 0.3) is 22.2 Å². The molecule has 0 amide bonds. The van der Waals surface area contributed by atoms with E-state index in [0.717, 1.165) is 16.5 Å². The lowest BCUT2D eigenvalue weighted by atomic mass is 10.1. The Morgan fingerprint density at radius 1 is 1.22 bits per heavy atom. The van der Waals surface area contributed by atoms with E-state index < -0.39 is 0 Å². The second-order valence-electron chi connectivity index (χ2n) is 3.65. The fourth-order valence-electron chi connectivity index (χ4n) is 1.80. The summed E-state index contributed by atoms with van der Waals surface area (Å²) in [6.45, 7) is 0. The van der Waals surface area contributed by atoms with Crippen LogP contribution in [-0.4, -0.2) is 32.0 Å². The predicted molar refractivity (Wildman–Crippen MR) is 65.9 cm³/mol. The number of hydrogen-bond acceptors (Lipinski definition) is 6. The first-order valence-electron chi connectivity index (χ1n) is 5.23. The number of hydrogen-bond donors (Lipinski definition) is 2. The van der Waals surface area contributed by atoms with Crippen molar-refractivity contribution in [2.75, 3.05) is 12.8 Å². The SMILES string of the molecule is COc1nc(N)c2c(-c3cncnc3)c[nH]c2n1. The molecule has 3 heterocycles. The fraction of sp³-hybridized carbons (Fsp3) is 0.0909. The highest BCUT2D eigenvalue weighted by atomic mass is 16.5. The van der Waals surface area contributed by atoms with Crippen LogP contribution < -0.4 is 10.5 Å². The minimum atomic E-state index is 0.234. The molecule has 0 aromatic carbocycles. The van der Waals surface area contributed by atoms with E-state index in [1.54, 1.807) is 18.6 Å². The monoisotopic (exact) mass is 242 g/mol. The van der Waals surface area contributed by atoms with E-state index in [0.29, 0.717) is 11.5 Å². The molecule has 0 atom stereocenters. The van der Waals surface area contributed by atoms with E-state index in [2.05, 4.69) is 24.9 Å². The third kappa shape index (κ3) is 1.53. The maximum absolute atomic E-state index is 5.92. The molecule has 3 rings (SSSR count). The topological polar surface area (TPSA) is 103 Å². The Kier molecular flexibility index (Phi) is 2.30. The number of H-pyrrole nitrogens is 1. The summed E-state index contributed by atoms with van der Waals surface area (Å²) in [5, 5.41) is 0.741. The van der Waals surface area contributed by atoms with Gasteiger partial charge < -0.3 is 15.5 Å². The summed E-state index contributed by atoms with van der Waals surface area (Å²) in [5.74, 6) is 0.358. The second-order valence-corrected chi connectivity index (χ2v) is 3.65. The van der Waals surface area contributed by atoms with Gasteiger partial charge in [-0.05, 0) is 0 Å². The van der Waals surface area contributed by atoms with Crippen LogP contribution in [0.5, 0.6) is 6.01 Å². The van der Waals surface area contributed by atoms with Crippen molar-refractivity contribution in [1.29, 1.82) is 0 Å². The maximum atomic E-state index is 5.92. The zero-order valence-corrected chi connectivity index (χ0v) is 9.58. The number of ether oxygens (including phenoxy) is 1. The van der Waals surface area contributed by atoms with Crippen LogP contribution in [0.2, 0.25) is 0 Å². The van der Waals surface area contributed by atoms with Crippen LogP contribution in [0.4, 0.5) is 5.82 Å². The highest BCUT2D eigenvalue weighted by Crippen LogP contribution is 2.30. The molecule has 0 radical (unpaired) electrons. The molecule has 0 aliphatic heterocycles. The molecule has 0 saturated heterocycles. The lowest BCUT2D eigenvalue weighted by Gasteiger charge is -2.02. The summed E-state index contributed by atoms with van der Waals surface area (Å²) in [6, 6.07) is 0.234. The predicted octanol–water partition coefficient (Wildman–Crippen LogP) is 1.01. The van der Waals surface area contributed by atoms with Gasteiger partial charge in [-0.3, -0.25) is 0 Å². The van der Waals surface area contributed by atoms with Crippen LogP contribution in [-0.2, 0) is 0 Å². The summed E-state index contributed by atoms with van der Waals surface area (Å²) in [6.07, 6.45) is 6.69. The summed E-state index contributed by atoms with van der Waals surface area (Å²) in [5.41, 5.74) is 8.26. The second kappa shape index (κ2) is 3.95. The zero-order chi connectivity index (χ0) is 12.5. The number of nitrogens with one attached hydrogen (secondary N) is 1. The van der Waals surface area contributed by atoms with Gasteiger partial charge in [0.25, 0.3) is 0 Å². The molecule has 0 aliphatic carbocycles. The molecule has 18 heavy (non-hydrogen) atoms. The van der Waals surface area contributed by atoms with Crippen LogP contribution in [0.15, 0.2) is 24.9 Å². The largest absolute Gasteiger partial charge is 0.467 e. The zero-order valence-electron chi connectivity index (χ0n) is 9.58. The van der Waals surface area contributed by atoms with Crippen molar-refractivity contribution in [2.24, 2.45) is 0 Å². The van der Waals surface area contributed by atoms with Gasteiger partial charge in [0.1, 0.15) is 17.8 Å². The number of anilines is 1. The molecule has 3 N–H and O–H groups in total. The number of rotatable bonds is 2. The average Bonchev–Trinajstić information content (AvgIpc) is 2.84. The summed E-state index contributed by atoms with van der Waals surface area (Å²) in [7, 11) is 1.50. The van der Waals surface area contributed by atoms with Crippen molar-refractivity contribution in [3.63, 3.8) is 0 Å². The molecule has 3 aromatic rings. The first-order chi connectivity index (χ1) is 8.79. The average molecular weight is 242 g/mol. The summed E-state index contributed by atoms with van der Waals surface area (Å²) >= 11 is 0. The van der Waals surface area contributed by atoms with Gasteiger partial charge in [-0.1, -0.05) is 0 Å². The minimum Gasteiger partial charge on any atom is -0.467 e. The Morgan fingerprint density at radius 3 is 2.72 bits per heavy atom. The Balaban J connectivity index is 2.27. The van der Waals surface area contributed by atoms with Gasteiger partial charge in [0, 0.05) is 29.7 Å². The number of nitrogen functional groups attached to an aromatic ring is 1. The van der Waals surface area contributed by atoms with Crippen molar-refractivity contribution in [3.8, 4) is 17.1 Å². The number of methoxy groups -OCH3 is 1. The van der Waals surface area contributed by atoms with E-state index in [9.17, 15) is 0 Å². The van der Waals surface area contributed by atoms with E-state index in [-0.39, 0.29) is 6.01 Å². The smallest absolute Gasteiger partial charge is 0.320 e. The molecule has 7 heteroatoms. The van der Waals surface area contributed by atoms with Crippen molar-refractivity contribution in [2.45, 2.75) is 0 Å². The summed E-state index contributed by atoms with van der Waals surface area (Å²) < 4.78 is 4.97. The minimum absolute atomic E-state index is 0.234. The van der Waals surface area contributed by atoms with E-state index in [1.165, 1.54) is 13.4 Å². The number of fused-ring (bicyclic) bond motifs is 1. The van der Waals surface area contributed by atoms with Gasteiger partial charge in [0.15, 0.2) is 0 Å². The van der Waals surface area contributed by atoms with E-state index in [4.69, 9.17) is 10.5 Å². The van der Waals surface area contributed by atoms with Gasteiger partial charge in [0.2, 0.25) is 0 Å². The fourth-order valence-corrected chi connectivity index (χ4v) is 1.80. The Morgan fingerprint density at radius 2 is 2.00 bits per heavy atom. The number of nitrogens with two attached hydrogens (primary N) is 1. The number of aromatic nitrogens is 5. The quantitative estimate of drug-likeness (QED) is 0.695. The molecule has 0 aliphatic rings. The molecule has 0 unspecified atom stereocenters. The molecule has 0 saturated carbocycles.